The maximum atomic E-state index is 14.8. The van der Waals surface area contributed by atoms with Gasteiger partial charge in [0, 0.05) is 33.1 Å². The number of nitrogens with zero attached hydrogens (tertiary/aromatic N) is 3. The fourth-order valence-electron chi connectivity index (χ4n) is 3.71. The minimum absolute atomic E-state index is 0.00696. The van der Waals surface area contributed by atoms with Gasteiger partial charge in [-0.25, -0.2) is 9.18 Å². The Morgan fingerprint density at radius 1 is 1.28 bits per heavy atom. The summed E-state index contributed by atoms with van der Waals surface area (Å²) in [5.41, 5.74) is 0.468. The Kier molecular flexibility index (Phi) is 7.06. The van der Waals surface area contributed by atoms with Crippen molar-refractivity contribution >= 4 is 29.8 Å². The third kappa shape index (κ3) is 5.39. The second kappa shape index (κ2) is 9.59. The van der Waals surface area contributed by atoms with Crippen molar-refractivity contribution < 1.29 is 36.7 Å². The van der Waals surface area contributed by atoms with Gasteiger partial charge >= 0.3 is 12.3 Å². The van der Waals surface area contributed by atoms with E-state index in [4.69, 9.17) is 4.74 Å². The number of rotatable bonds is 7. The highest BCUT2D eigenvalue weighted by atomic mass is 19.4. The normalized spacial score (nSPS) is 20.7. The Morgan fingerprint density at radius 2 is 1.97 bits per heavy atom. The minimum Gasteiger partial charge on any atom is -0.442 e. The Labute approximate surface area is 181 Å². The quantitative estimate of drug-likeness (QED) is 0.466. The van der Waals surface area contributed by atoms with Crippen LogP contribution < -0.4 is 20.4 Å². The highest BCUT2D eigenvalue weighted by Crippen LogP contribution is 2.30. The predicted molar refractivity (Wildman–Crippen MR) is 106 cm³/mol. The lowest BCUT2D eigenvalue weighted by atomic mass is 10.2. The third-order valence-corrected chi connectivity index (χ3v) is 5.25. The number of carbonyl (C=O) groups is 3. The van der Waals surface area contributed by atoms with Crippen LogP contribution in [0.25, 0.3) is 0 Å². The maximum Gasteiger partial charge on any atom is 0.422 e. The number of ether oxygens (including phenoxy) is 1. The molecule has 3 rings (SSSR count). The molecule has 2 saturated heterocycles. The number of anilines is 2. The smallest absolute Gasteiger partial charge is 0.422 e. The SMILES string of the molecule is CC(=O)NCC1CN(c2ccc(N3CCN(C(NC=O)C(F)(F)F)CC3)c(F)c2)C(=O)O1. The molecule has 13 heteroatoms. The van der Waals surface area contributed by atoms with E-state index in [9.17, 15) is 31.9 Å². The van der Waals surface area contributed by atoms with Crippen LogP contribution >= 0.6 is 0 Å². The fourth-order valence-corrected chi connectivity index (χ4v) is 3.71. The van der Waals surface area contributed by atoms with Gasteiger partial charge in [-0.05, 0) is 18.2 Å². The molecule has 0 saturated carbocycles. The monoisotopic (exact) mass is 461 g/mol. The van der Waals surface area contributed by atoms with Crippen LogP contribution in [0.4, 0.5) is 33.7 Å². The van der Waals surface area contributed by atoms with Crippen LogP contribution in [0.1, 0.15) is 6.92 Å². The van der Waals surface area contributed by atoms with E-state index in [0.29, 0.717) is 0 Å². The molecule has 3 amide bonds. The van der Waals surface area contributed by atoms with Gasteiger partial charge in [0.15, 0.2) is 6.17 Å². The van der Waals surface area contributed by atoms with E-state index >= 15 is 0 Å². The average Bonchev–Trinajstić information content (AvgIpc) is 3.10. The summed E-state index contributed by atoms with van der Waals surface area (Å²) in [7, 11) is 0. The molecule has 0 aliphatic carbocycles. The number of carbonyl (C=O) groups excluding carboxylic acids is 3. The predicted octanol–water partition coefficient (Wildman–Crippen LogP) is 1.04. The van der Waals surface area contributed by atoms with E-state index in [1.165, 1.54) is 24.0 Å². The molecule has 2 heterocycles. The van der Waals surface area contributed by atoms with Crippen molar-refractivity contribution in [3.63, 3.8) is 0 Å². The Hall–Kier alpha value is -3.09. The zero-order valence-corrected chi connectivity index (χ0v) is 17.2. The van der Waals surface area contributed by atoms with Gasteiger partial charge in [0.05, 0.1) is 24.5 Å². The van der Waals surface area contributed by atoms with Gasteiger partial charge < -0.3 is 20.3 Å². The van der Waals surface area contributed by atoms with Crippen LogP contribution in [0.3, 0.4) is 0 Å². The lowest BCUT2D eigenvalue weighted by Gasteiger charge is -2.40. The number of benzene rings is 1. The molecule has 9 nitrogen and oxygen atoms in total. The first kappa shape index (κ1) is 23.6. The van der Waals surface area contributed by atoms with E-state index in [1.807, 2.05) is 0 Å². The molecule has 0 bridgehead atoms. The first-order valence-corrected chi connectivity index (χ1v) is 9.87. The van der Waals surface area contributed by atoms with Crippen LogP contribution in [0.5, 0.6) is 0 Å². The number of hydrogen-bond donors (Lipinski definition) is 2. The summed E-state index contributed by atoms with van der Waals surface area (Å²) in [5, 5.41) is 4.33. The van der Waals surface area contributed by atoms with Crippen molar-refractivity contribution in [3.8, 4) is 0 Å². The Bertz CT molecular complexity index is 861. The zero-order valence-electron chi connectivity index (χ0n) is 17.2. The lowest BCUT2D eigenvalue weighted by molar-refractivity contribution is -0.193. The Balaban J connectivity index is 1.63. The van der Waals surface area contributed by atoms with Gasteiger partial charge in [0.1, 0.15) is 11.9 Å². The number of amides is 3. The summed E-state index contributed by atoms with van der Waals surface area (Å²) >= 11 is 0. The molecule has 2 N–H and O–H groups in total. The fraction of sp³-hybridized carbons (Fsp3) is 0.526. The first-order valence-electron chi connectivity index (χ1n) is 9.87. The molecular formula is C19H23F4N5O4. The molecule has 2 aliphatic rings. The summed E-state index contributed by atoms with van der Waals surface area (Å²) in [6.45, 7) is 1.79. The molecule has 2 fully saturated rings. The van der Waals surface area contributed by atoms with Crippen molar-refractivity contribution in [3.05, 3.63) is 24.0 Å². The summed E-state index contributed by atoms with van der Waals surface area (Å²) < 4.78 is 59.3. The number of cyclic esters (lactones) is 1. The van der Waals surface area contributed by atoms with Crippen LogP contribution in [0, 0.1) is 5.82 Å². The first-order chi connectivity index (χ1) is 15.1. The van der Waals surface area contributed by atoms with Crippen LogP contribution in [-0.4, -0.2) is 81.0 Å². The number of piperazine rings is 1. The summed E-state index contributed by atoms with van der Waals surface area (Å²) in [6, 6.07) is 4.15. The molecule has 1 aromatic rings. The number of alkyl halides is 3. The lowest BCUT2D eigenvalue weighted by Crippen LogP contribution is -2.60. The Morgan fingerprint density at radius 3 is 2.53 bits per heavy atom. The van der Waals surface area contributed by atoms with Crippen LogP contribution in [0.15, 0.2) is 18.2 Å². The highest BCUT2D eigenvalue weighted by molar-refractivity contribution is 5.90. The van der Waals surface area contributed by atoms with Crippen molar-refractivity contribution in [1.82, 2.24) is 15.5 Å². The number of halogens is 4. The zero-order chi connectivity index (χ0) is 23.5. The van der Waals surface area contributed by atoms with E-state index in [1.54, 1.807) is 10.2 Å². The topological polar surface area (TPSA) is 94.2 Å². The summed E-state index contributed by atoms with van der Waals surface area (Å²) in [5.74, 6) is -0.897. The van der Waals surface area contributed by atoms with E-state index in [2.05, 4.69) is 5.32 Å². The second-order valence-electron chi connectivity index (χ2n) is 7.44. The molecule has 0 radical (unpaired) electrons. The standard InChI is InChI=1S/C19H23F4N5O4/c1-12(30)24-9-14-10-28(18(31)32-14)13-2-3-16(15(20)8-13)26-4-6-27(7-5-26)17(25-11-29)19(21,22)23/h2-3,8,11,14,17H,4-7,9-10H2,1H3,(H,24,30)(H,25,29). The van der Waals surface area contributed by atoms with E-state index in [-0.39, 0.29) is 63.0 Å². The maximum absolute atomic E-state index is 14.8. The van der Waals surface area contributed by atoms with E-state index < -0.39 is 30.4 Å². The summed E-state index contributed by atoms with van der Waals surface area (Å²) in [4.78, 5) is 37.6. The van der Waals surface area contributed by atoms with Gasteiger partial charge in [-0.15, -0.1) is 0 Å². The minimum atomic E-state index is -4.63. The molecule has 1 aromatic carbocycles. The van der Waals surface area contributed by atoms with Crippen molar-refractivity contribution in [1.29, 1.82) is 0 Å². The van der Waals surface area contributed by atoms with Crippen molar-refractivity contribution in [2.24, 2.45) is 0 Å². The van der Waals surface area contributed by atoms with Gasteiger partial charge in [-0.1, -0.05) is 0 Å². The third-order valence-electron chi connectivity index (χ3n) is 5.25. The van der Waals surface area contributed by atoms with Crippen LogP contribution in [0.2, 0.25) is 0 Å². The molecular weight excluding hydrogens is 438 g/mol. The van der Waals surface area contributed by atoms with Crippen molar-refractivity contribution in [2.75, 3.05) is 49.1 Å². The van der Waals surface area contributed by atoms with Gasteiger partial charge in [-0.3, -0.25) is 19.4 Å². The second-order valence-corrected chi connectivity index (χ2v) is 7.44. The molecule has 0 aromatic heterocycles. The molecule has 176 valence electrons. The molecule has 2 atom stereocenters. The van der Waals surface area contributed by atoms with Crippen LogP contribution in [-0.2, 0) is 14.3 Å². The molecule has 2 aliphatic heterocycles. The summed E-state index contributed by atoms with van der Waals surface area (Å²) in [6.07, 6.45) is -7.95. The van der Waals surface area contributed by atoms with Gasteiger partial charge in [0.25, 0.3) is 0 Å². The molecule has 32 heavy (non-hydrogen) atoms. The molecule has 0 spiro atoms. The van der Waals surface area contributed by atoms with Crippen molar-refractivity contribution in [2.45, 2.75) is 25.4 Å². The number of nitrogens with one attached hydrogen (secondary N) is 2. The average molecular weight is 461 g/mol. The van der Waals surface area contributed by atoms with E-state index in [0.717, 1.165) is 11.0 Å². The molecule has 2 unspecified atom stereocenters. The largest absolute Gasteiger partial charge is 0.442 e. The highest BCUT2D eigenvalue weighted by Gasteiger charge is 2.44. The number of hydrogen-bond acceptors (Lipinski definition) is 6. The van der Waals surface area contributed by atoms with Gasteiger partial charge in [0.2, 0.25) is 12.3 Å². The van der Waals surface area contributed by atoms with Gasteiger partial charge in [-0.2, -0.15) is 13.2 Å².